The molecular formula is C14H30ClNO3. The number of alkyl halides is 1. The monoisotopic (exact) mass is 295 g/mol. The lowest BCUT2D eigenvalue weighted by atomic mass is 10.4. The minimum absolute atomic E-state index is 0.182. The summed E-state index contributed by atoms with van der Waals surface area (Å²) in [6.45, 7) is 10.1. The van der Waals surface area contributed by atoms with Crippen molar-refractivity contribution in [3.8, 4) is 0 Å². The van der Waals surface area contributed by atoms with Crippen LogP contribution in [0.2, 0.25) is 0 Å². The molecule has 0 saturated heterocycles. The minimum atomic E-state index is 0.182. The highest BCUT2D eigenvalue weighted by Crippen LogP contribution is 1.96. The zero-order chi connectivity index (χ0) is 14.3. The third-order valence-corrected chi connectivity index (χ3v) is 2.70. The molecule has 5 heteroatoms. The second-order valence-electron chi connectivity index (χ2n) is 4.73. The van der Waals surface area contributed by atoms with E-state index in [1.807, 2.05) is 14.0 Å². The van der Waals surface area contributed by atoms with E-state index in [1.54, 1.807) is 0 Å². The van der Waals surface area contributed by atoms with E-state index in [-0.39, 0.29) is 5.38 Å². The van der Waals surface area contributed by atoms with Crippen LogP contribution in [0.3, 0.4) is 0 Å². The Hall–Kier alpha value is 0.130. The maximum atomic E-state index is 5.90. The van der Waals surface area contributed by atoms with Crippen LogP contribution in [0.4, 0.5) is 0 Å². The Morgan fingerprint density at radius 1 is 0.947 bits per heavy atom. The van der Waals surface area contributed by atoms with Gasteiger partial charge in [-0.25, -0.2) is 0 Å². The van der Waals surface area contributed by atoms with E-state index in [0.717, 1.165) is 32.7 Å². The van der Waals surface area contributed by atoms with Gasteiger partial charge in [-0.15, -0.1) is 11.6 Å². The molecule has 19 heavy (non-hydrogen) atoms. The molecule has 4 nitrogen and oxygen atoms in total. The maximum Gasteiger partial charge on any atom is 0.0701 e. The lowest BCUT2D eigenvalue weighted by Gasteiger charge is -2.17. The molecule has 0 aliphatic heterocycles. The normalized spacial score (nSPS) is 13.1. The van der Waals surface area contributed by atoms with Gasteiger partial charge in [0, 0.05) is 25.1 Å². The molecule has 0 aliphatic carbocycles. The van der Waals surface area contributed by atoms with Gasteiger partial charge in [0.25, 0.3) is 0 Å². The van der Waals surface area contributed by atoms with E-state index in [4.69, 9.17) is 25.8 Å². The Balaban J connectivity index is 3.06. The van der Waals surface area contributed by atoms with Crippen LogP contribution in [0.1, 0.15) is 26.7 Å². The fourth-order valence-corrected chi connectivity index (χ4v) is 1.77. The molecule has 0 aliphatic rings. The van der Waals surface area contributed by atoms with Crippen LogP contribution in [-0.2, 0) is 14.2 Å². The molecule has 0 fully saturated rings. The van der Waals surface area contributed by atoms with E-state index in [9.17, 15) is 0 Å². The van der Waals surface area contributed by atoms with Gasteiger partial charge in [0.15, 0.2) is 0 Å². The highest BCUT2D eigenvalue weighted by atomic mass is 35.5. The first-order valence-corrected chi connectivity index (χ1v) is 7.66. The molecule has 0 saturated carbocycles. The van der Waals surface area contributed by atoms with Crippen LogP contribution in [-0.4, -0.2) is 70.1 Å². The Morgan fingerprint density at radius 3 is 2.00 bits per heavy atom. The average molecular weight is 296 g/mol. The highest BCUT2D eigenvalue weighted by molar-refractivity contribution is 6.20. The predicted molar refractivity (Wildman–Crippen MR) is 80.2 cm³/mol. The first kappa shape index (κ1) is 19.1. The second kappa shape index (κ2) is 14.5. The summed E-state index contributed by atoms with van der Waals surface area (Å²) in [5.74, 6) is 0. The van der Waals surface area contributed by atoms with Crippen molar-refractivity contribution < 1.29 is 14.2 Å². The molecule has 0 spiro atoms. The predicted octanol–water partition coefficient (Wildman–Crippen LogP) is 2.40. The van der Waals surface area contributed by atoms with Crippen molar-refractivity contribution in [2.24, 2.45) is 0 Å². The lowest BCUT2D eigenvalue weighted by molar-refractivity contribution is 0.0112. The molecule has 116 valence electrons. The summed E-state index contributed by atoms with van der Waals surface area (Å²) in [5.41, 5.74) is 0. The van der Waals surface area contributed by atoms with Gasteiger partial charge in [0.2, 0.25) is 0 Å². The third kappa shape index (κ3) is 16.1. The highest BCUT2D eigenvalue weighted by Gasteiger charge is 2.02. The molecule has 0 aromatic carbocycles. The van der Waals surface area contributed by atoms with E-state index in [1.165, 1.54) is 6.42 Å². The topological polar surface area (TPSA) is 30.9 Å². The number of unbranched alkanes of at least 4 members (excludes halogenated alkanes) is 1. The number of rotatable bonds is 14. The number of ether oxygens (including phenoxy) is 3. The molecule has 1 unspecified atom stereocenters. The van der Waals surface area contributed by atoms with E-state index < -0.39 is 0 Å². The fraction of sp³-hybridized carbons (Fsp3) is 1.00. The van der Waals surface area contributed by atoms with Crippen LogP contribution in [0, 0.1) is 0 Å². The Kier molecular flexibility index (Phi) is 14.6. The van der Waals surface area contributed by atoms with Crippen LogP contribution in [0.5, 0.6) is 0 Å². The molecule has 0 amide bonds. The Bertz CT molecular complexity index is 182. The fourth-order valence-electron chi connectivity index (χ4n) is 1.53. The number of hydrogen-bond acceptors (Lipinski definition) is 4. The van der Waals surface area contributed by atoms with E-state index >= 15 is 0 Å². The maximum absolute atomic E-state index is 5.90. The van der Waals surface area contributed by atoms with Gasteiger partial charge in [-0.2, -0.15) is 0 Å². The summed E-state index contributed by atoms with van der Waals surface area (Å²) in [7, 11) is 2.05. The van der Waals surface area contributed by atoms with Crippen LogP contribution >= 0.6 is 11.6 Å². The van der Waals surface area contributed by atoms with Gasteiger partial charge in [-0.1, -0.05) is 13.3 Å². The summed E-state index contributed by atoms with van der Waals surface area (Å²) in [6, 6.07) is 0. The van der Waals surface area contributed by atoms with Gasteiger partial charge in [0.1, 0.15) is 0 Å². The summed E-state index contributed by atoms with van der Waals surface area (Å²) < 4.78 is 16.3. The molecular weight excluding hydrogens is 266 g/mol. The van der Waals surface area contributed by atoms with Crippen molar-refractivity contribution in [2.75, 3.05) is 59.8 Å². The van der Waals surface area contributed by atoms with Crippen molar-refractivity contribution in [3.63, 3.8) is 0 Å². The van der Waals surface area contributed by atoms with Crippen LogP contribution in [0.15, 0.2) is 0 Å². The van der Waals surface area contributed by atoms with Gasteiger partial charge >= 0.3 is 0 Å². The molecule has 0 radical (unpaired) electrons. The van der Waals surface area contributed by atoms with Gasteiger partial charge < -0.3 is 19.1 Å². The molecule has 0 aromatic rings. The van der Waals surface area contributed by atoms with Crippen molar-refractivity contribution in [1.29, 1.82) is 0 Å². The molecule has 0 heterocycles. The average Bonchev–Trinajstić information content (AvgIpc) is 2.35. The standard InChI is InChI=1S/C14H30ClNO3/c1-4-5-7-17-9-11-19-12-10-18-8-6-16(3)13-14(2)15/h14H,4-13H2,1-3H3. The smallest absolute Gasteiger partial charge is 0.0701 e. The van der Waals surface area contributed by atoms with Crippen molar-refractivity contribution in [1.82, 2.24) is 4.90 Å². The number of halogens is 1. The third-order valence-electron chi connectivity index (χ3n) is 2.57. The van der Waals surface area contributed by atoms with Gasteiger partial charge in [0.05, 0.1) is 33.0 Å². The number of likely N-dealkylation sites (N-methyl/N-ethyl adjacent to an activating group) is 1. The summed E-state index contributed by atoms with van der Waals surface area (Å²) in [6.07, 6.45) is 2.29. The van der Waals surface area contributed by atoms with E-state index in [0.29, 0.717) is 26.4 Å². The lowest BCUT2D eigenvalue weighted by Crippen LogP contribution is -2.28. The van der Waals surface area contributed by atoms with Gasteiger partial charge in [-0.05, 0) is 20.4 Å². The number of hydrogen-bond donors (Lipinski definition) is 0. The van der Waals surface area contributed by atoms with E-state index in [2.05, 4.69) is 11.8 Å². The van der Waals surface area contributed by atoms with Crippen molar-refractivity contribution in [3.05, 3.63) is 0 Å². The number of nitrogens with zero attached hydrogens (tertiary/aromatic N) is 1. The molecule has 0 N–H and O–H groups in total. The SMILES string of the molecule is CCCCOCCOCCOCCN(C)CC(C)Cl. The minimum Gasteiger partial charge on any atom is -0.379 e. The molecule has 0 aromatic heterocycles. The molecule has 0 bridgehead atoms. The Morgan fingerprint density at radius 2 is 1.47 bits per heavy atom. The Labute approximate surface area is 123 Å². The summed E-state index contributed by atoms with van der Waals surface area (Å²) in [5, 5.41) is 0.182. The van der Waals surface area contributed by atoms with Crippen LogP contribution in [0.25, 0.3) is 0 Å². The molecule has 0 rings (SSSR count). The quantitative estimate of drug-likeness (QED) is 0.364. The zero-order valence-electron chi connectivity index (χ0n) is 12.7. The van der Waals surface area contributed by atoms with Crippen molar-refractivity contribution >= 4 is 11.6 Å². The first-order chi connectivity index (χ1) is 9.16. The van der Waals surface area contributed by atoms with Gasteiger partial charge in [-0.3, -0.25) is 0 Å². The summed E-state index contributed by atoms with van der Waals surface area (Å²) >= 11 is 5.90. The van der Waals surface area contributed by atoms with Crippen LogP contribution < -0.4 is 0 Å². The summed E-state index contributed by atoms with van der Waals surface area (Å²) in [4.78, 5) is 2.17. The zero-order valence-corrected chi connectivity index (χ0v) is 13.5. The molecule has 1 atom stereocenters. The first-order valence-electron chi connectivity index (χ1n) is 7.22. The van der Waals surface area contributed by atoms with Crippen molar-refractivity contribution in [2.45, 2.75) is 32.1 Å². The second-order valence-corrected chi connectivity index (χ2v) is 5.48. The largest absolute Gasteiger partial charge is 0.379 e.